The van der Waals surface area contributed by atoms with Crippen LogP contribution in [-0.2, 0) is 9.59 Å². The van der Waals surface area contributed by atoms with Gasteiger partial charge in [0.2, 0.25) is 11.8 Å². The zero-order valence-electron chi connectivity index (χ0n) is 13.8. The molecule has 0 aliphatic heterocycles. The molecule has 0 aromatic rings. The first-order chi connectivity index (χ1) is 9.41. The maximum Gasteiger partial charge on any atom is 0.221 e. The maximum absolute atomic E-state index is 11.5. The van der Waals surface area contributed by atoms with Gasteiger partial charge in [0.05, 0.1) is 0 Å². The van der Waals surface area contributed by atoms with E-state index in [0.717, 1.165) is 12.8 Å². The number of amides is 2. The van der Waals surface area contributed by atoms with E-state index in [1.54, 1.807) is 0 Å². The second-order valence-electron chi connectivity index (χ2n) is 5.26. The highest BCUT2D eigenvalue weighted by Gasteiger charge is 2.16. The lowest BCUT2D eigenvalue weighted by Crippen LogP contribution is -2.35. The predicted octanol–water partition coefficient (Wildman–Crippen LogP) is 2.55. The molecule has 0 heterocycles. The van der Waals surface area contributed by atoms with Crippen molar-refractivity contribution >= 4 is 11.8 Å². The first kappa shape index (κ1) is 21.2. The molecule has 0 radical (unpaired) electrons. The van der Waals surface area contributed by atoms with Crippen LogP contribution < -0.4 is 16.4 Å². The van der Waals surface area contributed by atoms with Crippen LogP contribution in [0.2, 0.25) is 0 Å². The van der Waals surface area contributed by atoms with E-state index in [9.17, 15) is 9.59 Å². The molecule has 20 heavy (non-hydrogen) atoms. The van der Waals surface area contributed by atoms with Crippen LogP contribution in [0.5, 0.6) is 0 Å². The molecule has 0 fully saturated rings. The highest BCUT2D eigenvalue weighted by atomic mass is 16.2. The number of carbonyl (C=O) groups is 2. The molecule has 0 aliphatic carbocycles. The van der Waals surface area contributed by atoms with Gasteiger partial charge < -0.3 is 16.4 Å². The maximum atomic E-state index is 11.5. The average molecular weight is 293 g/mol. The fourth-order valence-corrected chi connectivity index (χ4v) is 1.34. The molecule has 0 aromatic heterocycles. The molecule has 0 saturated carbocycles. The SMILES string of the molecule is CC.CCC(C)(C)CCC(=O)NCCNC(=O)CCN.[HH].[HH].[HH]. The summed E-state index contributed by atoms with van der Waals surface area (Å²) in [5, 5.41) is 5.48. The highest BCUT2D eigenvalue weighted by Crippen LogP contribution is 2.25. The summed E-state index contributed by atoms with van der Waals surface area (Å²) in [5.74, 6) is -0.0246. The second kappa shape index (κ2) is 12.9. The standard InChI is InChI=1S/C13H27N3O2.C2H6.3H2/c1-4-13(2,3)7-5-11(17)15-9-10-16-12(18)6-8-14;1-2;;;/h4-10,14H2,1-3H3,(H,15,17)(H,16,18);1-2H3;3*1H. The Kier molecular flexibility index (Phi) is 13.7. The summed E-state index contributed by atoms with van der Waals surface area (Å²) in [7, 11) is 0. The van der Waals surface area contributed by atoms with Crippen molar-refractivity contribution in [2.24, 2.45) is 11.1 Å². The molecule has 0 unspecified atom stereocenters. The fourth-order valence-electron chi connectivity index (χ4n) is 1.34. The fraction of sp³-hybridized carbons (Fsp3) is 0.867. The molecule has 0 aliphatic rings. The van der Waals surface area contributed by atoms with E-state index in [1.165, 1.54) is 0 Å². The Morgan fingerprint density at radius 1 is 1.05 bits per heavy atom. The van der Waals surface area contributed by atoms with Gasteiger partial charge in [-0.15, -0.1) is 0 Å². The van der Waals surface area contributed by atoms with Gasteiger partial charge in [0.25, 0.3) is 0 Å². The predicted molar refractivity (Wildman–Crippen MR) is 90.7 cm³/mol. The molecule has 0 bridgehead atoms. The third-order valence-electron chi connectivity index (χ3n) is 3.13. The molecule has 0 spiro atoms. The summed E-state index contributed by atoms with van der Waals surface area (Å²) in [4.78, 5) is 22.6. The summed E-state index contributed by atoms with van der Waals surface area (Å²) in [6, 6.07) is 0. The molecular weight excluding hydrogens is 254 g/mol. The zero-order chi connectivity index (χ0) is 16.0. The van der Waals surface area contributed by atoms with Gasteiger partial charge in [-0.3, -0.25) is 9.59 Å². The van der Waals surface area contributed by atoms with Crippen molar-refractivity contribution < 1.29 is 13.9 Å². The minimum atomic E-state index is -0.0705. The second-order valence-corrected chi connectivity index (χ2v) is 5.26. The van der Waals surface area contributed by atoms with Gasteiger partial charge >= 0.3 is 0 Å². The van der Waals surface area contributed by atoms with Gasteiger partial charge in [-0.25, -0.2) is 0 Å². The first-order valence-corrected chi connectivity index (χ1v) is 7.64. The Balaban J connectivity index is -0.000000207. The minimum Gasteiger partial charge on any atom is -0.354 e. The molecule has 0 aromatic carbocycles. The van der Waals surface area contributed by atoms with E-state index in [2.05, 4.69) is 31.4 Å². The molecule has 0 rings (SSSR count). The zero-order valence-corrected chi connectivity index (χ0v) is 13.8. The average Bonchev–Trinajstić information content (AvgIpc) is 2.44. The summed E-state index contributed by atoms with van der Waals surface area (Å²) in [5.41, 5.74) is 5.46. The number of hydrogen-bond acceptors (Lipinski definition) is 3. The summed E-state index contributed by atoms with van der Waals surface area (Å²) < 4.78 is 0. The van der Waals surface area contributed by atoms with Gasteiger partial charge in [0, 0.05) is 36.8 Å². The van der Waals surface area contributed by atoms with Crippen molar-refractivity contribution in [2.45, 2.75) is 60.3 Å². The molecule has 2 amide bonds. The van der Waals surface area contributed by atoms with Crippen molar-refractivity contribution in [2.75, 3.05) is 19.6 Å². The molecule has 126 valence electrons. The van der Waals surface area contributed by atoms with E-state index >= 15 is 0 Å². The lowest BCUT2D eigenvalue weighted by molar-refractivity contribution is -0.123. The minimum absolute atomic E-state index is 0. The Morgan fingerprint density at radius 3 is 1.90 bits per heavy atom. The van der Waals surface area contributed by atoms with Gasteiger partial charge in [0.1, 0.15) is 0 Å². The van der Waals surface area contributed by atoms with Crippen LogP contribution in [0.15, 0.2) is 0 Å². The van der Waals surface area contributed by atoms with Crippen molar-refractivity contribution in [3.05, 3.63) is 0 Å². The van der Waals surface area contributed by atoms with E-state index in [4.69, 9.17) is 5.73 Å². The van der Waals surface area contributed by atoms with Crippen molar-refractivity contribution in [3.8, 4) is 0 Å². The first-order valence-electron chi connectivity index (χ1n) is 7.64. The Labute approximate surface area is 128 Å². The molecule has 0 atom stereocenters. The lowest BCUT2D eigenvalue weighted by atomic mass is 9.85. The largest absolute Gasteiger partial charge is 0.354 e. The van der Waals surface area contributed by atoms with Gasteiger partial charge in [-0.05, 0) is 11.8 Å². The van der Waals surface area contributed by atoms with Crippen molar-refractivity contribution in [1.82, 2.24) is 10.6 Å². The lowest BCUT2D eigenvalue weighted by Gasteiger charge is -2.21. The van der Waals surface area contributed by atoms with Crippen LogP contribution in [0, 0.1) is 5.41 Å². The third kappa shape index (κ3) is 13.3. The topological polar surface area (TPSA) is 84.2 Å². The smallest absolute Gasteiger partial charge is 0.221 e. The number of hydrogen-bond donors (Lipinski definition) is 3. The van der Waals surface area contributed by atoms with E-state index in [-0.39, 0.29) is 21.5 Å². The number of nitrogens with two attached hydrogens (primary N) is 1. The van der Waals surface area contributed by atoms with Crippen LogP contribution in [0.1, 0.15) is 64.6 Å². The van der Waals surface area contributed by atoms with Gasteiger partial charge in [-0.1, -0.05) is 41.0 Å². The Morgan fingerprint density at radius 2 is 1.50 bits per heavy atom. The summed E-state index contributed by atoms with van der Waals surface area (Å²) in [6.45, 7) is 11.7. The van der Waals surface area contributed by atoms with Crippen molar-refractivity contribution in [1.29, 1.82) is 0 Å². The van der Waals surface area contributed by atoms with Gasteiger partial charge in [-0.2, -0.15) is 0 Å². The van der Waals surface area contributed by atoms with Crippen LogP contribution in [0.4, 0.5) is 0 Å². The molecule has 0 saturated heterocycles. The number of rotatable bonds is 9. The Hall–Kier alpha value is -1.10. The number of nitrogens with one attached hydrogen (secondary N) is 2. The highest BCUT2D eigenvalue weighted by molar-refractivity contribution is 5.77. The van der Waals surface area contributed by atoms with Crippen LogP contribution in [0.25, 0.3) is 0 Å². The molecular formula is C15H39N3O2. The Bertz CT molecular complexity index is 279. The monoisotopic (exact) mass is 293 g/mol. The number of carbonyl (C=O) groups excluding carboxylic acids is 2. The molecule has 4 N–H and O–H groups in total. The van der Waals surface area contributed by atoms with E-state index in [1.807, 2.05) is 13.8 Å². The van der Waals surface area contributed by atoms with E-state index in [0.29, 0.717) is 32.5 Å². The quantitative estimate of drug-likeness (QED) is 0.571. The summed E-state index contributed by atoms with van der Waals surface area (Å²) >= 11 is 0. The van der Waals surface area contributed by atoms with Crippen molar-refractivity contribution in [3.63, 3.8) is 0 Å². The molecule has 5 nitrogen and oxygen atoms in total. The van der Waals surface area contributed by atoms with Crippen LogP contribution in [-0.4, -0.2) is 31.4 Å². The van der Waals surface area contributed by atoms with Crippen LogP contribution in [0.3, 0.4) is 0 Å². The normalized spacial score (nSPS) is 10.3. The third-order valence-corrected chi connectivity index (χ3v) is 3.13. The van der Waals surface area contributed by atoms with E-state index < -0.39 is 0 Å². The van der Waals surface area contributed by atoms with Crippen LogP contribution >= 0.6 is 0 Å². The summed E-state index contributed by atoms with van der Waals surface area (Å²) in [6.07, 6.45) is 2.82. The molecule has 5 heteroatoms. The van der Waals surface area contributed by atoms with Gasteiger partial charge in [0.15, 0.2) is 0 Å².